The normalized spacial score (nSPS) is 24.7. The van der Waals surface area contributed by atoms with Gasteiger partial charge in [0.15, 0.2) is 6.29 Å². The molecule has 1 aliphatic heterocycles. The van der Waals surface area contributed by atoms with Gasteiger partial charge in [-0.05, 0) is 0 Å². The molecule has 0 bridgehead atoms. The van der Waals surface area contributed by atoms with Crippen molar-refractivity contribution in [2.75, 3.05) is 6.61 Å². The Labute approximate surface area is 159 Å². The van der Waals surface area contributed by atoms with Crippen molar-refractivity contribution in [2.45, 2.75) is 58.4 Å². The van der Waals surface area contributed by atoms with E-state index in [1.807, 2.05) is 0 Å². The van der Waals surface area contributed by atoms with Crippen molar-refractivity contribution in [3.8, 4) is 0 Å². The largest absolute Gasteiger partial charge is 0.481 e. The average molecular weight is 420 g/mol. The molecular weight excluding hydrogens is 392 g/mol. The van der Waals surface area contributed by atoms with Crippen molar-refractivity contribution >= 4 is 23.9 Å². The lowest BCUT2D eigenvalue weighted by Gasteiger charge is -2.37. The lowest BCUT2D eigenvalue weighted by Crippen LogP contribution is -2.58. The summed E-state index contributed by atoms with van der Waals surface area (Å²) in [6, 6.07) is 0. The van der Waals surface area contributed by atoms with Crippen LogP contribution in [0.5, 0.6) is 0 Å². The van der Waals surface area contributed by atoms with Crippen LogP contribution in [0.4, 0.5) is 0 Å². The second kappa shape index (κ2) is 19.4. The van der Waals surface area contributed by atoms with Crippen molar-refractivity contribution in [1.82, 2.24) is 0 Å². The molecule has 1 aliphatic rings. The average Bonchev–Trinajstić information content (AvgIpc) is 2.46. The van der Waals surface area contributed by atoms with E-state index in [4.69, 9.17) is 65.1 Å². The van der Waals surface area contributed by atoms with Gasteiger partial charge in [0.1, 0.15) is 24.4 Å². The standard InChI is InChI=1S/C6H12O6.4C2H4O2/c7-1-2-3(8)4(9)5(10)6(11)12-2;4*1-2(3)4/h2-11H,1H2;4*1H3,(H,3,4)/t2-,3+,4+,5-,6-;;;;/m1..../s1. The van der Waals surface area contributed by atoms with E-state index in [1.165, 1.54) is 0 Å². The van der Waals surface area contributed by atoms with Crippen LogP contribution in [-0.4, -0.2) is 107 Å². The molecule has 168 valence electrons. The van der Waals surface area contributed by atoms with Gasteiger partial charge >= 0.3 is 0 Å². The molecule has 0 aliphatic carbocycles. The molecule has 14 heteroatoms. The third-order valence-corrected chi connectivity index (χ3v) is 1.87. The number of aliphatic carboxylic acids is 4. The number of aliphatic hydroxyl groups excluding tert-OH is 5. The van der Waals surface area contributed by atoms with Crippen molar-refractivity contribution < 1.29 is 69.9 Å². The van der Waals surface area contributed by atoms with Crippen molar-refractivity contribution in [1.29, 1.82) is 0 Å². The Morgan fingerprint density at radius 1 is 0.643 bits per heavy atom. The van der Waals surface area contributed by atoms with Gasteiger partial charge in [0.2, 0.25) is 0 Å². The predicted molar refractivity (Wildman–Crippen MR) is 89.2 cm³/mol. The molecule has 9 N–H and O–H groups in total. The summed E-state index contributed by atoms with van der Waals surface area (Å²) in [5.74, 6) is -3.33. The maximum Gasteiger partial charge on any atom is 0.300 e. The highest BCUT2D eigenvalue weighted by Gasteiger charge is 2.42. The number of carboxylic acid groups (broad SMARTS) is 4. The van der Waals surface area contributed by atoms with E-state index in [0.717, 1.165) is 27.7 Å². The maximum absolute atomic E-state index is 9.12. The Kier molecular flexibility index (Phi) is 23.0. The highest BCUT2D eigenvalue weighted by molar-refractivity contribution is 5.63. The monoisotopic (exact) mass is 420 g/mol. The highest BCUT2D eigenvalue weighted by Crippen LogP contribution is 2.18. The third-order valence-electron chi connectivity index (χ3n) is 1.87. The fourth-order valence-electron chi connectivity index (χ4n) is 1.08. The van der Waals surface area contributed by atoms with Crippen LogP contribution >= 0.6 is 0 Å². The fourth-order valence-corrected chi connectivity index (χ4v) is 1.08. The molecule has 1 heterocycles. The molecule has 0 radical (unpaired) electrons. The summed E-state index contributed by atoms with van der Waals surface area (Å²) in [4.78, 5) is 36.0. The van der Waals surface area contributed by atoms with Gasteiger partial charge in [0, 0.05) is 27.7 Å². The first-order valence-electron chi connectivity index (χ1n) is 7.27. The van der Waals surface area contributed by atoms with E-state index < -0.39 is 61.2 Å². The SMILES string of the molecule is CC(=O)O.CC(=O)O.CC(=O)O.CC(=O)O.OC[C@H]1O[C@@H](O)[C@H](O)[C@@H](O)[C@H]1O. The molecule has 0 spiro atoms. The number of rotatable bonds is 1. The maximum atomic E-state index is 9.12. The van der Waals surface area contributed by atoms with Crippen molar-refractivity contribution in [3.05, 3.63) is 0 Å². The molecule has 1 rings (SSSR count). The van der Waals surface area contributed by atoms with Crippen LogP contribution in [0.3, 0.4) is 0 Å². The van der Waals surface area contributed by atoms with Gasteiger partial charge in [-0.25, -0.2) is 0 Å². The van der Waals surface area contributed by atoms with Gasteiger partial charge in [-0.1, -0.05) is 0 Å². The molecular formula is C14H28O14. The summed E-state index contributed by atoms with van der Waals surface area (Å²) >= 11 is 0. The molecule has 1 fully saturated rings. The van der Waals surface area contributed by atoms with Crippen LogP contribution in [-0.2, 0) is 23.9 Å². The van der Waals surface area contributed by atoms with Gasteiger partial charge in [0.05, 0.1) is 6.61 Å². The van der Waals surface area contributed by atoms with Crippen LogP contribution in [0.1, 0.15) is 27.7 Å². The molecule has 0 unspecified atom stereocenters. The molecule has 0 saturated carbocycles. The first kappa shape index (κ1) is 33.2. The zero-order valence-corrected chi connectivity index (χ0v) is 15.7. The summed E-state index contributed by atoms with van der Waals surface area (Å²) in [5, 5.41) is 74.3. The minimum atomic E-state index is -1.57. The topological polar surface area (TPSA) is 260 Å². The number of carbonyl (C=O) groups is 4. The summed E-state index contributed by atoms with van der Waals surface area (Å²) in [6.07, 6.45) is -7.04. The highest BCUT2D eigenvalue weighted by atomic mass is 16.6. The zero-order valence-electron chi connectivity index (χ0n) is 15.7. The number of hydrogen-bond donors (Lipinski definition) is 9. The molecule has 28 heavy (non-hydrogen) atoms. The number of carboxylic acids is 4. The molecule has 14 nitrogen and oxygen atoms in total. The predicted octanol–water partition coefficient (Wildman–Crippen LogP) is -2.86. The molecule has 0 amide bonds. The van der Waals surface area contributed by atoms with Crippen molar-refractivity contribution in [2.24, 2.45) is 0 Å². The number of ether oxygens (including phenoxy) is 1. The van der Waals surface area contributed by atoms with E-state index in [9.17, 15) is 0 Å². The van der Waals surface area contributed by atoms with Crippen LogP contribution in [0, 0.1) is 0 Å². The Morgan fingerprint density at radius 3 is 1.11 bits per heavy atom. The van der Waals surface area contributed by atoms with E-state index in [0.29, 0.717) is 0 Å². The lowest BCUT2D eigenvalue weighted by atomic mass is 10.00. The van der Waals surface area contributed by atoms with Gasteiger partial charge in [-0.3, -0.25) is 19.2 Å². The van der Waals surface area contributed by atoms with E-state index >= 15 is 0 Å². The van der Waals surface area contributed by atoms with Crippen LogP contribution in [0.15, 0.2) is 0 Å². The first-order chi connectivity index (χ1) is 12.5. The Bertz CT molecular complexity index is 383. The summed E-state index contributed by atoms with van der Waals surface area (Å²) in [5.41, 5.74) is 0. The Hall–Kier alpha value is -2.36. The first-order valence-corrected chi connectivity index (χ1v) is 7.27. The number of hydrogen-bond acceptors (Lipinski definition) is 10. The summed E-state index contributed by atoms with van der Waals surface area (Å²) < 4.78 is 4.58. The minimum absolute atomic E-state index is 0.526. The second-order valence-electron chi connectivity index (χ2n) is 4.80. The molecule has 0 aromatic rings. The van der Waals surface area contributed by atoms with Crippen LogP contribution < -0.4 is 0 Å². The van der Waals surface area contributed by atoms with Crippen molar-refractivity contribution in [3.63, 3.8) is 0 Å². The Morgan fingerprint density at radius 2 is 0.893 bits per heavy atom. The quantitative estimate of drug-likeness (QED) is 0.207. The molecule has 0 aromatic heterocycles. The molecule has 5 atom stereocenters. The van der Waals surface area contributed by atoms with E-state index in [1.54, 1.807) is 0 Å². The minimum Gasteiger partial charge on any atom is -0.481 e. The number of aliphatic hydroxyl groups is 5. The Balaban J connectivity index is -0.000000150. The van der Waals surface area contributed by atoms with Gasteiger partial charge in [-0.15, -0.1) is 0 Å². The third kappa shape index (κ3) is 31.4. The fraction of sp³-hybridized carbons (Fsp3) is 0.714. The van der Waals surface area contributed by atoms with Gasteiger partial charge in [0.25, 0.3) is 23.9 Å². The zero-order chi connectivity index (χ0) is 23.6. The molecule has 0 aromatic carbocycles. The molecule has 1 saturated heterocycles. The smallest absolute Gasteiger partial charge is 0.300 e. The van der Waals surface area contributed by atoms with Crippen LogP contribution in [0.25, 0.3) is 0 Å². The van der Waals surface area contributed by atoms with Gasteiger partial charge in [-0.2, -0.15) is 0 Å². The van der Waals surface area contributed by atoms with E-state index in [2.05, 4.69) is 4.74 Å². The lowest BCUT2D eigenvalue weighted by molar-refractivity contribution is -0.286. The summed E-state index contributed by atoms with van der Waals surface area (Å²) in [6.45, 7) is 3.81. The second-order valence-corrected chi connectivity index (χ2v) is 4.80. The van der Waals surface area contributed by atoms with Gasteiger partial charge < -0.3 is 50.7 Å². The van der Waals surface area contributed by atoms with Crippen LogP contribution in [0.2, 0.25) is 0 Å². The van der Waals surface area contributed by atoms with E-state index in [-0.39, 0.29) is 0 Å². The summed E-state index contributed by atoms with van der Waals surface area (Å²) in [7, 11) is 0.